The molecule has 0 aliphatic carbocycles. The van der Waals surface area contributed by atoms with Crippen molar-refractivity contribution in [3.05, 3.63) is 64.9 Å². The fourth-order valence-electron chi connectivity index (χ4n) is 3.65. The van der Waals surface area contributed by atoms with Gasteiger partial charge in [0.25, 0.3) is 12.3 Å². The number of carbonyl (C=O) groups is 1. The first-order chi connectivity index (χ1) is 15.5. The van der Waals surface area contributed by atoms with E-state index in [1.165, 1.54) is 12.3 Å². The summed E-state index contributed by atoms with van der Waals surface area (Å²) in [7, 11) is -3.09. The number of halogens is 3. The van der Waals surface area contributed by atoms with E-state index in [0.717, 1.165) is 5.70 Å². The van der Waals surface area contributed by atoms with Gasteiger partial charge in [0.2, 0.25) is 5.91 Å². The lowest BCUT2D eigenvalue weighted by molar-refractivity contribution is -0.119. The van der Waals surface area contributed by atoms with Gasteiger partial charge in [0, 0.05) is 29.7 Å². The summed E-state index contributed by atoms with van der Waals surface area (Å²) in [6, 6.07) is 1.33. The van der Waals surface area contributed by atoms with Crippen LogP contribution in [-0.4, -0.2) is 54.3 Å². The van der Waals surface area contributed by atoms with Gasteiger partial charge in [-0.25, -0.2) is 22.2 Å². The molecule has 3 aliphatic heterocycles. The first-order valence-electron chi connectivity index (χ1n) is 9.88. The summed E-state index contributed by atoms with van der Waals surface area (Å²) in [4.78, 5) is 18.3. The maximum Gasteiger partial charge on any atom is 0.272 e. The number of rotatable bonds is 7. The van der Waals surface area contributed by atoms with Crippen molar-refractivity contribution in [2.75, 3.05) is 18.1 Å². The molecule has 8 nitrogen and oxygen atoms in total. The van der Waals surface area contributed by atoms with E-state index in [1.54, 1.807) is 36.4 Å². The lowest BCUT2D eigenvalue weighted by Gasteiger charge is -2.38. The van der Waals surface area contributed by atoms with Crippen molar-refractivity contribution in [2.24, 2.45) is 0 Å². The molecule has 1 amide bonds. The molecule has 4 rings (SSSR count). The molecule has 176 valence electrons. The number of carbonyl (C=O) groups excluding carboxylic acids is 1. The lowest BCUT2D eigenvalue weighted by atomic mass is 10.0. The molecule has 0 atom stereocenters. The Morgan fingerprint density at radius 1 is 1.33 bits per heavy atom. The van der Waals surface area contributed by atoms with Crippen molar-refractivity contribution in [3.63, 3.8) is 0 Å². The van der Waals surface area contributed by atoms with Crippen LogP contribution in [0, 0.1) is 0 Å². The van der Waals surface area contributed by atoms with E-state index in [9.17, 15) is 22.0 Å². The van der Waals surface area contributed by atoms with Gasteiger partial charge in [-0.05, 0) is 25.5 Å². The summed E-state index contributed by atoms with van der Waals surface area (Å²) >= 11 is 5.88. The minimum atomic E-state index is -3.09. The molecule has 0 aromatic carbocycles. The first-order valence-corrected chi connectivity index (χ1v) is 12.1. The van der Waals surface area contributed by atoms with Crippen LogP contribution in [-0.2, 0) is 14.6 Å². The van der Waals surface area contributed by atoms with E-state index in [1.807, 2.05) is 6.08 Å². The van der Waals surface area contributed by atoms with E-state index in [0.29, 0.717) is 17.8 Å². The summed E-state index contributed by atoms with van der Waals surface area (Å²) in [5.74, 6) is -0.282. The molecule has 1 aromatic heterocycles. The standard InChI is InChI=1S/C21H20ClF2N3O5S/c1-21(11-33(29,30)12-21)26-19(28)13-2-3-15-4-5-16(9-27(15)8-13)32-20-17(31-10-18(23)24)6-14(22)7-25-20/h3-9,18H,2,10-12H2,1H3,(H,26,28). The van der Waals surface area contributed by atoms with E-state index in [2.05, 4.69) is 10.3 Å². The largest absolute Gasteiger partial charge is 0.482 e. The molecule has 0 spiro atoms. The van der Waals surface area contributed by atoms with Crippen LogP contribution in [0.3, 0.4) is 0 Å². The van der Waals surface area contributed by atoms with Crippen molar-refractivity contribution in [1.82, 2.24) is 15.2 Å². The second-order valence-corrected chi connectivity index (χ2v) is 10.6. The van der Waals surface area contributed by atoms with Gasteiger partial charge < -0.3 is 19.7 Å². The van der Waals surface area contributed by atoms with Gasteiger partial charge in [-0.15, -0.1) is 0 Å². The summed E-state index contributed by atoms with van der Waals surface area (Å²) in [5.41, 5.74) is 0.469. The molecule has 0 saturated carbocycles. The average molecular weight is 500 g/mol. The van der Waals surface area contributed by atoms with Gasteiger partial charge in [-0.1, -0.05) is 17.7 Å². The molecule has 4 heterocycles. The molecule has 1 fully saturated rings. The Bertz CT molecular complexity index is 1200. The Morgan fingerprint density at radius 3 is 2.79 bits per heavy atom. The summed E-state index contributed by atoms with van der Waals surface area (Å²) in [5, 5.41) is 2.99. The van der Waals surface area contributed by atoms with Gasteiger partial charge in [0.05, 0.1) is 28.3 Å². The molecule has 1 aromatic rings. The molecule has 1 saturated heterocycles. The van der Waals surface area contributed by atoms with Gasteiger partial charge in [-0.2, -0.15) is 0 Å². The van der Waals surface area contributed by atoms with Crippen LogP contribution in [0.25, 0.3) is 0 Å². The maximum absolute atomic E-state index is 12.7. The van der Waals surface area contributed by atoms with Crippen molar-refractivity contribution < 1.29 is 31.5 Å². The zero-order chi connectivity index (χ0) is 23.8. The normalized spacial score (nSPS) is 20.2. The van der Waals surface area contributed by atoms with Crippen LogP contribution < -0.4 is 14.8 Å². The third-order valence-corrected chi connectivity index (χ3v) is 7.32. The third-order valence-electron chi connectivity index (χ3n) is 4.96. The molecular weight excluding hydrogens is 480 g/mol. The van der Waals surface area contributed by atoms with E-state index in [-0.39, 0.29) is 34.1 Å². The van der Waals surface area contributed by atoms with Crippen LogP contribution in [0.4, 0.5) is 8.78 Å². The van der Waals surface area contributed by atoms with Gasteiger partial charge in [0.1, 0.15) is 12.4 Å². The molecule has 1 N–H and O–H groups in total. The number of ether oxygens (including phenoxy) is 2. The van der Waals surface area contributed by atoms with Gasteiger partial charge in [-0.3, -0.25) is 4.79 Å². The van der Waals surface area contributed by atoms with Gasteiger partial charge in [0.15, 0.2) is 15.6 Å². The number of allylic oxidation sites excluding steroid dienone is 3. The first kappa shape index (κ1) is 23.2. The number of sulfone groups is 1. The smallest absolute Gasteiger partial charge is 0.272 e. The zero-order valence-corrected chi connectivity index (χ0v) is 19.0. The Labute approximate surface area is 194 Å². The van der Waals surface area contributed by atoms with E-state index in [4.69, 9.17) is 21.1 Å². The number of hydrogen-bond donors (Lipinski definition) is 1. The highest BCUT2D eigenvalue weighted by atomic mass is 35.5. The molecule has 33 heavy (non-hydrogen) atoms. The highest BCUT2D eigenvalue weighted by Gasteiger charge is 2.46. The number of amides is 1. The Morgan fingerprint density at radius 2 is 2.09 bits per heavy atom. The van der Waals surface area contributed by atoms with Crippen molar-refractivity contribution in [1.29, 1.82) is 0 Å². The highest BCUT2D eigenvalue weighted by molar-refractivity contribution is 7.93. The van der Waals surface area contributed by atoms with Crippen LogP contribution in [0.2, 0.25) is 5.02 Å². The fraction of sp³-hybridized carbons (Fsp3) is 0.333. The van der Waals surface area contributed by atoms with Crippen molar-refractivity contribution in [2.45, 2.75) is 25.3 Å². The summed E-state index contributed by atoms with van der Waals surface area (Å²) in [6.07, 6.45) is 7.48. The topological polar surface area (TPSA) is 97.8 Å². The maximum atomic E-state index is 12.7. The average Bonchev–Trinajstić information content (AvgIpc) is 2.71. The molecule has 0 bridgehead atoms. The Hall–Kier alpha value is -2.92. The quantitative estimate of drug-likeness (QED) is 0.616. The number of alkyl halides is 2. The number of hydrogen-bond acceptors (Lipinski definition) is 7. The van der Waals surface area contributed by atoms with Crippen molar-refractivity contribution in [3.8, 4) is 11.6 Å². The summed E-state index contributed by atoms with van der Waals surface area (Å²) < 4.78 is 58.8. The fourth-order valence-corrected chi connectivity index (χ4v) is 5.80. The molecule has 0 unspecified atom stereocenters. The predicted octanol–water partition coefficient (Wildman–Crippen LogP) is 2.95. The van der Waals surface area contributed by atoms with Crippen LogP contribution in [0.5, 0.6) is 11.6 Å². The third kappa shape index (κ3) is 5.53. The SMILES string of the molecule is CC1(NC(=O)C2=CN3C=C(Oc4ncc(Cl)cc4OCC(F)F)C=CC3=CC2)CS(=O)(=O)C1. The number of pyridine rings is 1. The number of nitrogens with zero attached hydrogens (tertiary/aromatic N) is 2. The number of fused-ring (bicyclic) bond motifs is 1. The zero-order valence-electron chi connectivity index (χ0n) is 17.4. The molecule has 3 aliphatic rings. The highest BCUT2D eigenvalue weighted by Crippen LogP contribution is 2.32. The van der Waals surface area contributed by atoms with Gasteiger partial charge >= 0.3 is 0 Å². The minimum Gasteiger partial charge on any atom is -0.482 e. The lowest BCUT2D eigenvalue weighted by Crippen LogP contribution is -2.63. The van der Waals surface area contributed by atoms with E-state index >= 15 is 0 Å². The number of nitrogens with one attached hydrogen (secondary N) is 1. The second kappa shape index (κ2) is 8.79. The molecular formula is C21H20ClF2N3O5S. The summed E-state index contributed by atoms with van der Waals surface area (Å²) in [6.45, 7) is 0.854. The Balaban J connectivity index is 1.48. The Kier molecular flexibility index (Phi) is 6.19. The van der Waals surface area contributed by atoms with E-state index < -0.39 is 28.4 Å². The monoisotopic (exact) mass is 499 g/mol. The van der Waals surface area contributed by atoms with Crippen LogP contribution in [0.15, 0.2) is 59.9 Å². The predicted molar refractivity (Wildman–Crippen MR) is 116 cm³/mol. The molecule has 0 radical (unpaired) electrons. The second-order valence-electron chi connectivity index (χ2n) is 8.07. The van der Waals surface area contributed by atoms with Crippen LogP contribution >= 0.6 is 11.6 Å². The van der Waals surface area contributed by atoms with Crippen LogP contribution in [0.1, 0.15) is 13.3 Å². The minimum absolute atomic E-state index is 0.0311. The van der Waals surface area contributed by atoms with Crippen molar-refractivity contribution >= 4 is 27.3 Å². The number of aromatic nitrogens is 1. The molecule has 12 heteroatoms.